The number of aliphatic hydroxyl groups is 1. The number of nitrogen functional groups attached to an aromatic ring is 1. The number of ether oxygens (including phenoxy) is 1. The van der Waals surface area contributed by atoms with Crippen LogP contribution in [0.15, 0.2) is 12.7 Å². The van der Waals surface area contributed by atoms with Crippen molar-refractivity contribution in [2.24, 2.45) is 0 Å². The number of phosphoric ester groups is 2. The van der Waals surface area contributed by atoms with Crippen LogP contribution in [-0.4, -0.2) is 78.9 Å². The summed E-state index contributed by atoms with van der Waals surface area (Å²) in [5.74, 6) is -0.0990. The summed E-state index contributed by atoms with van der Waals surface area (Å²) in [7, 11) is -22.0. The summed E-state index contributed by atoms with van der Waals surface area (Å²) in [6.07, 6.45) is -5.43. The number of hydrogen-bond donors (Lipinski definition) is 8. The van der Waals surface area contributed by atoms with Gasteiger partial charge in [-0.2, -0.15) is 8.62 Å². The molecule has 21 nitrogen and oxygen atoms in total. The summed E-state index contributed by atoms with van der Waals surface area (Å²) in [5.41, 5.74) is 5.63. The zero-order chi connectivity index (χ0) is 26.4. The largest absolute Gasteiger partial charge is 0.481 e. The van der Waals surface area contributed by atoms with E-state index in [1.54, 1.807) is 0 Å². The molecule has 3 heterocycles. The molecule has 1 saturated heterocycles. The molecule has 0 spiro atoms. The van der Waals surface area contributed by atoms with Crippen molar-refractivity contribution in [2.45, 2.75) is 24.5 Å². The molecular weight excluding hydrogens is 570 g/mol. The van der Waals surface area contributed by atoms with E-state index in [2.05, 4.69) is 28.1 Å². The zero-order valence-corrected chi connectivity index (χ0v) is 20.2. The second kappa shape index (κ2) is 9.92. The molecule has 0 radical (unpaired) electrons. The molecule has 35 heavy (non-hydrogen) atoms. The van der Waals surface area contributed by atoms with Crippen LogP contribution in [0.4, 0.5) is 5.82 Å². The molecule has 9 N–H and O–H groups in total. The van der Waals surface area contributed by atoms with Crippen LogP contribution < -0.4 is 5.73 Å². The second-order valence-electron chi connectivity index (χ2n) is 6.59. The Labute approximate surface area is 193 Å². The number of rotatable bonds is 10. The van der Waals surface area contributed by atoms with E-state index in [4.69, 9.17) is 34.6 Å². The highest BCUT2D eigenvalue weighted by Crippen LogP contribution is 2.60. The molecule has 198 valence electrons. The van der Waals surface area contributed by atoms with Crippen molar-refractivity contribution in [1.82, 2.24) is 19.5 Å². The van der Waals surface area contributed by atoms with Crippen LogP contribution in [0.25, 0.3) is 11.2 Å². The van der Waals surface area contributed by atoms with Crippen molar-refractivity contribution in [2.75, 3.05) is 12.3 Å². The van der Waals surface area contributed by atoms with Crippen molar-refractivity contribution >= 4 is 48.3 Å². The number of phosphoric acid groups is 4. The SMILES string of the molecule is Nc1ncnc2c1ncn2[C@@H]1O[C@H](COP(=O)(O)OP(=O)(O)O)[C@@H](O)[C@H]1OP(=O)(O)OP(=O)(O)O. The number of nitrogens with zero attached hydrogens (tertiary/aromatic N) is 4. The third kappa shape index (κ3) is 7.41. The molecule has 0 aliphatic carbocycles. The minimum atomic E-state index is -5.58. The molecule has 3 rings (SSSR count). The summed E-state index contributed by atoms with van der Waals surface area (Å²) < 4.78 is 68.4. The number of hydrogen-bond acceptors (Lipinski definition) is 14. The van der Waals surface area contributed by atoms with Gasteiger partial charge < -0.3 is 44.9 Å². The maximum Gasteiger partial charge on any atom is 0.481 e. The number of aliphatic hydroxyl groups excluding tert-OH is 1. The van der Waals surface area contributed by atoms with Gasteiger partial charge in [-0.3, -0.25) is 13.6 Å². The zero-order valence-electron chi connectivity index (χ0n) is 16.6. The Morgan fingerprint density at radius 2 is 1.57 bits per heavy atom. The molecule has 0 bridgehead atoms. The molecule has 2 unspecified atom stereocenters. The standard InChI is InChI=1S/C10H17N5O16P4/c11-8-5-9(13-2-12-8)15(3-14-5)10-7(29-35(25,26)31-33(20,21)22)6(16)4(28-10)1-27-34(23,24)30-32(17,18)19/h2-4,6-7,10,16H,1H2,(H,23,24)(H,25,26)(H2,11,12,13)(H2,17,18,19)(H2,20,21,22)/t4-,6-,7-,10-/m1/s1. The lowest BCUT2D eigenvalue weighted by Gasteiger charge is -2.23. The van der Waals surface area contributed by atoms with Crippen molar-refractivity contribution < 1.29 is 75.1 Å². The van der Waals surface area contributed by atoms with Crippen LogP contribution in [0.3, 0.4) is 0 Å². The highest BCUT2D eigenvalue weighted by Gasteiger charge is 2.51. The van der Waals surface area contributed by atoms with E-state index in [1.165, 1.54) is 0 Å². The Bertz CT molecular complexity index is 1270. The van der Waals surface area contributed by atoms with Crippen molar-refractivity contribution in [1.29, 1.82) is 0 Å². The molecule has 0 saturated carbocycles. The summed E-state index contributed by atoms with van der Waals surface area (Å²) in [4.78, 5) is 65.6. The van der Waals surface area contributed by atoms with E-state index in [-0.39, 0.29) is 17.0 Å². The Hall–Kier alpha value is -1.21. The third-order valence-electron chi connectivity index (χ3n) is 4.05. The van der Waals surface area contributed by atoms with E-state index in [1.807, 2.05) is 0 Å². The summed E-state index contributed by atoms with van der Waals surface area (Å²) in [6, 6.07) is 0. The second-order valence-corrected chi connectivity index (χ2v) is 12.2. The van der Waals surface area contributed by atoms with Crippen molar-refractivity contribution in [3.63, 3.8) is 0 Å². The molecule has 1 aliphatic heterocycles. The van der Waals surface area contributed by atoms with E-state index in [9.17, 15) is 33.2 Å². The molecule has 1 aliphatic rings. The van der Waals surface area contributed by atoms with Gasteiger partial charge in [-0.1, -0.05) is 0 Å². The predicted octanol–water partition coefficient (Wildman–Crippen LogP) is -1.51. The quantitative estimate of drug-likeness (QED) is 0.146. The molecule has 2 aromatic rings. The van der Waals surface area contributed by atoms with E-state index < -0.39 is 62.4 Å². The lowest BCUT2D eigenvalue weighted by Crippen LogP contribution is -2.35. The smallest absolute Gasteiger partial charge is 0.387 e. The van der Waals surface area contributed by atoms with E-state index >= 15 is 0 Å². The van der Waals surface area contributed by atoms with Gasteiger partial charge in [-0.15, -0.1) is 0 Å². The minimum Gasteiger partial charge on any atom is -0.387 e. The van der Waals surface area contributed by atoms with Gasteiger partial charge in [0.25, 0.3) is 0 Å². The number of imidazole rings is 1. The fraction of sp³-hybridized carbons (Fsp3) is 0.500. The number of fused-ring (bicyclic) bond motifs is 1. The highest BCUT2D eigenvalue weighted by molar-refractivity contribution is 7.61. The van der Waals surface area contributed by atoms with Crippen molar-refractivity contribution in [3.8, 4) is 0 Å². The number of aromatic nitrogens is 4. The lowest BCUT2D eigenvalue weighted by atomic mass is 10.1. The Balaban J connectivity index is 1.92. The normalized spacial score (nSPS) is 27.1. The van der Waals surface area contributed by atoms with Gasteiger partial charge in [0.05, 0.1) is 12.9 Å². The minimum absolute atomic E-state index is 0.0117. The highest BCUT2D eigenvalue weighted by atomic mass is 31.3. The topological polar surface area (TPSA) is 326 Å². The molecule has 0 aromatic carbocycles. The first-order valence-corrected chi connectivity index (χ1v) is 14.7. The van der Waals surface area contributed by atoms with Crippen LogP contribution >= 0.6 is 31.3 Å². The fourth-order valence-electron chi connectivity index (χ4n) is 2.88. The van der Waals surface area contributed by atoms with Gasteiger partial charge >= 0.3 is 31.3 Å². The molecule has 2 aromatic heterocycles. The van der Waals surface area contributed by atoms with Crippen LogP contribution in [0.1, 0.15) is 6.23 Å². The van der Waals surface area contributed by atoms with Crippen molar-refractivity contribution in [3.05, 3.63) is 12.7 Å². The van der Waals surface area contributed by atoms with E-state index in [0.717, 1.165) is 17.2 Å². The molecule has 0 amide bonds. The predicted molar refractivity (Wildman–Crippen MR) is 106 cm³/mol. The van der Waals surface area contributed by atoms with Crippen LogP contribution in [0.5, 0.6) is 0 Å². The number of nitrogens with two attached hydrogens (primary N) is 1. The van der Waals surface area contributed by atoms with Crippen LogP contribution in [0.2, 0.25) is 0 Å². The van der Waals surface area contributed by atoms with E-state index in [0.29, 0.717) is 0 Å². The van der Waals surface area contributed by atoms with Gasteiger partial charge in [0.2, 0.25) is 0 Å². The average molecular weight is 587 g/mol. The lowest BCUT2D eigenvalue weighted by molar-refractivity contribution is -0.0497. The summed E-state index contributed by atoms with van der Waals surface area (Å²) >= 11 is 0. The van der Waals surface area contributed by atoms with Crippen LogP contribution in [-0.2, 0) is 40.7 Å². The molecule has 6 atom stereocenters. The third-order valence-corrected chi connectivity index (χ3v) is 8.39. The summed E-state index contributed by atoms with van der Waals surface area (Å²) in [5, 5.41) is 10.6. The summed E-state index contributed by atoms with van der Waals surface area (Å²) in [6.45, 7) is -1.11. The Morgan fingerprint density at radius 1 is 0.971 bits per heavy atom. The maximum atomic E-state index is 12.1. The number of anilines is 1. The molecular formula is C10H17N5O16P4. The molecule has 1 fully saturated rings. The fourth-order valence-corrected chi connectivity index (χ4v) is 6.25. The van der Waals surface area contributed by atoms with Gasteiger partial charge in [0.1, 0.15) is 30.2 Å². The first kappa shape index (κ1) is 28.4. The van der Waals surface area contributed by atoms with Crippen LogP contribution in [0, 0.1) is 0 Å². The monoisotopic (exact) mass is 587 g/mol. The van der Waals surface area contributed by atoms with Gasteiger partial charge in [-0.25, -0.2) is 33.2 Å². The van der Waals surface area contributed by atoms with Gasteiger partial charge in [-0.05, 0) is 0 Å². The first-order valence-electron chi connectivity index (χ1n) is 8.66. The Kier molecular flexibility index (Phi) is 8.04. The van der Waals surface area contributed by atoms with Gasteiger partial charge in [0.15, 0.2) is 17.7 Å². The first-order chi connectivity index (χ1) is 15.9. The van der Waals surface area contributed by atoms with Gasteiger partial charge in [0, 0.05) is 0 Å². The Morgan fingerprint density at radius 3 is 2.17 bits per heavy atom. The maximum absolute atomic E-state index is 12.1. The average Bonchev–Trinajstić information content (AvgIpc) is 3.19. The molecule has 25 heteroatoms.